The van der Waals surface area contributed by atoms with Crippen LogP contribution in [0.15, 0.2) is 12.4 Å². The third-order valence-electron chi connectivity index (χ3n) is 4.09. The van der Waals surface area contributed by atoms with E-state index in [4.69, 9.17) is 16.0 Å². The summed E-state index contributed by atoms with van der Waals surface area (Å²) < 4.78 is 7.60. The van der Waals surface area contributed by atoms with Crippen LogP contribution in [0.3, 0.4) is 0 Å². The molecule has 0 radical (unpaired) electrons. The Bertz CT molecular complexity index is 483. The number of carbonyl (C=O) groups is 1. The van der Waals surface area contributed by atoms with Crippen molar-refractivity contribution in [1.82, 2.24) is 9.78 Å². The maximum Gasteiger partial charge on any atom is 0.308 e. The highest BCUT2D eigenvalue weighted by Gasteiger charge is 2.37. The fraction of sp³-hybridized carbons (Fsp3) is 0.714. The van der Waals surface area contributed by atoms with E-state index in [0.29, 0.717) is 24.6 Å². The topological polar surface area (TPSA) is 64.4 Å². The van der Waals surface area contributed by atoms with Crippen LogP contribution in [0.4, 0.5) is 0 Å². The summed E-state index contributed by atoms with van der Waals surface area (Å²) in [7, 11) is -1.83. The van der Waals surface area contributed by atoms with E-state index in [-0.39, 0.29) is 5.04 Å². The lowest BCUT2D eigenvalue weighted by molar-refractivity contribution is -0.142. The molecule has 1 aromatic heterocycles. The molecule has 120 valence electrons. The predicted octanol–water partition coefficient (Wildman–Crippen LogP) is 3.65. The minimum Gasteiger partial charge on any atom is -0.481 e. The number of carboxylic acids is 1. The molecular weight excluding hydrogens is 308 g/mol. The number of nitrogens with zero attached hydrogens (tertiary/aromatic N) is 2. The molecule has 0 fully saturated rings. The number of halogens is 1. The van der Waals surface area contributed by atoms with E-state index in [1.165, 1.54) is 6.20 Å². The lowest BCUT2D eigenvalue weighted by atomic mass is 10.1. The standard InChI is InChI=1S/C14H25ClN2O3Si/c1-14(2,3)21(4,5)20-7-6-11(13(18)19)9-17-10-12(15)8-16-17/h8,10-11H,6-7,9H2,1-5H3,(H,18,19). The first-order valence-electron chi connectivity index (χ1n) is 7.07. The molecule has 1 heterocycles. The van der Waals surface area contributed by atoms with Gasteiger partial charge in [-0.3, -0.25) is 9.48 Å². The molecule has 0 bridgehead atoms. The van der Waals surface area contributed by atoms with Crippen LogP contribution < -0.4 is 0 Å². The van der Waals surface area contributed by atoms with E-state index < -0.39 is 20.2 Å². The van der Waals surface area contributed by atoms with Crippen LogP contribution in [0.1, 0.15) is 27.2 Å². The van der Waals surface area contributed by atoms with E-state index in [0.717, 1.165) is 0 Å². The van der Waals surface area contributed by atoms with E-state index in [1.54, 1.807) is 10.9 Å². The minimum absolute atomic E-state index is 0.126. The van der Waals surface area contributed by atoms with Crippen LogP contribution >= 0.6 is 11.6 Å². The molecule has 0 amide bonds. The molecule has 1 N–H and O–H groups in total. The molecule has 1 atom stereocenters. The van der Waals surface area contributed by atoms with E-state index in [2.05, 4.69) is 39.0 Å². The third kappa shape index (κ3) is 5.45. The first kappa shape index (κ1) is 18.2. The summed E-state index contributed by atoms with van der Waals surface area (Å²) >= 11 is 5.79. The largest absolute Gasteiger partial charge is 0.481 e. The van der Waals surface area contributed by atoms with Gasteiger partial charge in [0, 0.05) is 12.8 Å². The van der Waals surface area contributed by atoms with E-state index in [9.17, 15) is 9.90 Å². The normalized spacial score (nSPS) is 14.2. The van der Waals surface area contributed by atoms with Gasteiger partial charge in [-0.05, 0) is 24.6 Å². The Morgan fingerprint density at radius 2 is 2.14 bits per heavy atom. The fourth-order valence-corrected chi connectivity index (χ4v) is 2.85. The highest BCUT2D eigenvalue weighted by molar-refractivity contribution is 6.74. The number of hydrogen-bond acceptors (Lipinski definition) is 3. The summed E-state index contributed by atoms with van der Waals surface area (Å²) in [6.07, 6.45) is 3.61. The Morgan fingerprint density at radius 1 is 1.52 bits per heavy atom. The highest BCUT2D eigenvalue weighted by atomic mass is 35.5. The fourth-order valence-electron chi connectivity index (χ4n) is 1.63. The average Bonchev–Trinajstić information content (AvgIpc) is 2.71. The number of aromatic nitrogens is 2. The maximum atomic E-state index is 11.3. The Balaban J connectivity index is 2.55. The van der Waals surface area contributed by atoms with Gasteiger partial charge < -0.3 is 9.53 Å². The quantitative estimate of drug-likeness (QED) is 0.774. The van der Waals surface area contributed by atoms with Crippen molar-refractivity contribution < 1.29 is 14.3 Å². The van der Waals surface area contributed by atoms with Crippen molar-refractivity contribution in [3.63, 3.8) is 0 Å². The van der Waals surface area contributed by atoms with Gasteiger partial charge in [0.05, 0.1) is 23.7 Å². The minimum atomic E-state index is -1.83. The summed E-state index contributed by atoms with van der Waals surface area (Å²) in [6, 6.07) is 0. The molecule has 1 rings (SSSR count). The summed E-state index contributed by atoms with van der Waals surface area (Å²) in [6.45, 7) is 11.6. The van der Waals surface area contributed by atoms with E-state index >= 15 is 0 Å². The van der Waals surface area contributed by atoms with Crippen molar-refractivity contribution in [1.29, 1.82) is 0 Å². The Morgan fingerprint density at radius 3 is 2.57 bits per heavy atom. The summed E-state index contributed by atoms with van der Waals surface area (Å²) in [4.78, 5) is 11.3. The molecular formula is C14H25ClN2O3Si. The van der Waals surface area contributed by atoms with Gasteiger partial charge >= 0.3 is 5.97 Å². The van der Waals surface area contributed by atoms with Crippen molar-refractivity contribution >= 4 is 25.9 Å². The lowest BCUT2D eigenvalue weighted by Crippen LogP contribution is -2.41. The molecule has 0 spiro atoms. The monoisotopic (exact) mass is 332 g/mol. The van der Waals surface area contributed by atoms with Gasteiger partial charge in [-0.1, -0.05) is 32.4 Å². The van der Waals surface area contributed by atoms with Crippen LogP contribution in [0, 0.1) is 5.92 Å². The molecule has 0 aliphatic carbocycles. The second-order valence-electron chi connectivity index (χ2n) is 6.81. The van der Waals surface area contributed by atoms with Gasteiger partial charge in [-0.25, -0.2) is 0 Å². The molecule has 0 aromatic carbocycles. The van der Waals surface area contributed by atoms with Crippen LogP contribution in [-0.4, -0.2) is 35.8 Å². The van der Waals surface area contributed by atoms with Crippen molar-refractivity contribution in [3.05, 3.63) is 17.4 Å². The Kier molecular flexibility index (Phi) is 6.01. The first-order chi connectivity index (χ1) is 9.53. The number of rotatable bonds is 7. The molecule has 0 saturated carbocycles. The zero-order chi connectivity index (χ0) is 16.3. The van der Waals surface area contributed by atoms with Crippen molar-refractivity contribution in [2.45, 2.75) is 51.9 Å². The van der Waals surface area contributed by atoms with Crippen LogP contribution in [-0.2, 0) is 15.8 Å². The number of carboxylic acid groups (broad SMARTS) is 1. The van der Waals surface area contributed by atoms with Gasteiger partial charge in [-0.15, -0.1) is 0 Å². The number of hydrogen-bond donors (Lipinski definition) is 1. The molecule has 1 aromatic rings. The van der Waals surface area contributed by atoms with Crippen LogP contribution in [0.5, 0.6) is 0 Å². The number of aliphatic carboxylic acids is 1. The van der Waals surface area contributed by atoms with Crippen LogP contribution in [0.2, 0.25) is 23.2 Å². The van der Waals surface area contributed by atoms with Gasteiger partial charge in [0.25, 0.3) is 0 Å². The highest BCUT2D eigenvalue weighted by Crippen LogP contribution is 2.36. The summed E-state index contributed by atoms with van der Waals surface area (Å²) in [5.41, 5.74) is 0. The molecule has 0 saturated heterocycles. The smallest absolute Gasteiger partial charge is 0.308 e. The molecule has 7 heteroatoms. The zero-order valence-electron chi connectivity index (χ0n) is 13.4. The molecule has 21 heavy (non-hydrogen) atoms. The summed E-state index contributed by atoms with van der Waals surface area (Å²) in [5, 5.41) is 14.0. The van der Waals surface area contributed by atoms with Gasteiger partial charge in [0.2, 0.25) is 0 Å². The Hall–Kier alpha value is -0.853. The Labute approximate surface area is 132 Å². The first-order valence-corrected chi connectivity index (χ1v) is 10.4. The molecule has 5 nitrogen and oxygen atoms in total. The predicted molar refractivity (Wildman–Crippen MR) is 86.1 cm³/mol. The third-order valence-corrected chi connectivity index (χ3v) is 8.83. The van der Waals surface area contributed by atoms with Crippen LogP contribution in [0.25, 0.3) is 0 Å². The second-order valence-corrected chi connectivity index (χ2v) is 12.1. The molecule has 1 unspecified atom stereocenters. The van der Waals surface area contributed by atoms with Gasteiger partial charge in [0.15, 0.2) is 8.32 Å². The summed E-state index contributed by atoms with van der Waals surface area (Å²) in [5.74, 6) is -1.36. The SMILES string of the molecule is CC(C)(C)[Si](C)(C)OCCC(Cn1cc(Cl)cn1)C(=O)O. The van der Waals surface area contributed by atoms with Crippen molar-refractivity contribution in [3.8, 4) is 0 Å². The van der Waals surface area contributed by atoms with Crippen molar-refractivity contribution in [2.75, 3.05) is 6.61 Å². The maximum absolute atomic E-state index is 11.3. The van der Waals surface area contributed by atoms with Gasteiger partial charge in [-0.2, -0.15) is 5.10 Å². The van der Waals surface area contributed by atoms with Gasteiger partial charge in [0.1, 0.15) is 0 Å². The lowest BCUT2D eigenvalue weighted by Gasteiger charge is -2.36. The average molecular weight is 333 g/mol. The molecule has 0 aliphatic heterocycles. The second kappa shape index (κ2) is 6.94. The zero-order valence-corrected chi connectivity index (χ0v) is 15.1. The van der Waals surface area contributed by atoms with E-state index in [1.807, 2.05) is 0 Å². The molecule has 0 aliphatic rings. The van der Waals surface area contributed by atoms with Crippen molar-refractivity contribution in [2.24, 2.45) is 5.92 Å².